The first-order valence-corrected chi connectivity index (χ1v) is 9.65. The van der Waals surface area contributed by atoms with E-state index in [1.807, 2.05) is 5.09 Å². The van der Waals surface area contributed by atoms with Gasteiger partial charge >= 0.3 is 13.7 Å². The van der Waals surface area contributed by atoms with E-state index in [4.69, 9.17) is 21.3 Å². The lowest BCUT2D eigenvalue weighted by Gasteiger charge is -2.22. The third kappa shape index (κ3) is 9.71. The first kappa shape index (κ1) is 22.6. The molecule has 0 fully saturated rings. The van der Waals surface area contributed by atoms with Crippen LogP contribution in [0.5, 0.6) is 0 Å². The fraction of sp³-hybridized carbons (Fsp3) is 0.400. The van der Waals surface area contributed by atoms with Gasteiger partial charge in [-0.1, -0.05) is 30.3 Å². The molecule has 1 amide bonds. The lowest BCUT2D eigenvalue weighted by atomic mass is 10.1. The zero-order valence-electron chi connectivity index (χ0n) is 14.5. The number of aliphatic imine (C=N–C) groups is 1. The van der Waals surface area contributed by atoms with Crippen molar-refractivity contribution in [2.75, 3.05) is 6.54 Å². The zero-order chi connectivity index (χ0) is 20.4. The molecule has 1 rings (SSSR count). The van der Waals surface area contributed by atoms with E-state index >= 15 is 0 Å². The molecular weight excluding hydrogens is 377 g/mol. The number of amides is 1. The maximum absolute atomic E-state index is 12.4. The number of guanidine groups is 1. The van der Waals surface area contributed by atoms with Crippen LogP contribution in [0.25, 0.3) is 0 Å². The van der Waals surface area contributed by atoms with Gasteiger partial charge in [0.05, 0.1) is 0 Å². The van der Waals surface area contributed by atoms with Gasteiger partial charge in [0, 0.05) is 6.54 Å². The summed E-state index contributed by atoms with van der Waals surface area (Å²) in [5.41, 5.74) is 11.0. The second kappa shape index (κ2) is 10.6. The van der Waals surface area contributed by atoms with Crippen LogP contribution in [0, 0.1) is 0 Å². The molecule has 0 spiro atoms. The van der Waals surface area contributed by atoms with Crippen LogP contribution in [0.15, 0.2) is 35.3 Å². The molecule has 0 saturated heterocycles. The average molecular weight is 401 g/mol. The molecule has 0 aromatic heterocycles. The van der Waals surface area contributed by atoms with Gasteiger partial charge in [-0.15, -0.1) is 0 Å². The molecule has 11 nitrogen and oxygen atoms in total. The molecular formula is C15H24N5O6P. The van der Waals surface area contributed by atoms with Crippen molar-refractivity contribution in [2.45, 2.75) is 31.3 Å². The first-order valence-electron chi connectivity index (χ1n) is 8.04. The third-order valence-corrected chi connectivity index (χ3v) is 4.13. The number of hydrogen-bond acceptors (Lipinski definition) is 4. The monoisotopic (exact) mass is 401 g/mol. The molecule has 9 N–H and O–H groups in total. The SMILES string of the molecule is NC(N)=NCCC[C@H](NC(=O)[C@H](Cc1ccccc1)NP(=O)(O)O)C(=O)O. The normalized spacial score (nSPS) is 13.4. The predicted octanol–water partition coefficient (Wildman–Crippen LogP) is -1.10. The summed E-state index contributed by atoms with van der Waals surface area (Å²) < 4.78 is 11.3. The average Bonchev–Trinajstić information content (AvgIpc) is 2.56. The van der Waals surface area contributed by atoms with Crippen LogP contribution >= 0.6 is 7.75 Å². The highest BCUT2D eigenvalue weighted by Gasteiger charge is 2.29. The molecule has 12 heteroatoms. The number of benzene rings is 1. The fourth-order valence-corrected chi connectivity index (χ4v) is 2.90. The molecule has 0 aliphatic rings. The van der Waals surface area contributed by atoms with Crippen LogP contribution in [0.3, 0.4) is 0 Å². The van der Waals surface area contributed by atoms with E-state index in [1.54, 1.807) is 30.3 Å². The smallest absolute Gasteiger partial charge is 0.401 e. The van der Waals surface area contributed by atoms with Gasteiger partial charge in [0.25, 0.3) is 0 Å². The van der Waals surface area contributed by atoms with Gasteiger partial charge < -0.3 is 31.7 Å². The Kier molecular flexibility index (Phi) is 8.89. The molecule has 0 unspecified atom stereocenters. The molecule has 0 aliphatic carbocycles. The van der Waals surface area contributed by atoms with Crippen molar-refractivity contribution in [3.63, 3.8) is 0 Å². The number of carboxylic acid groups (broad SMARTS) is 1. The zero-order valence-corrected chi connectivity index (χ0v) is 15.4. The number of nitrogens with two attached hydrogens (primary N) is 2. The summed E-state index contributed by atoms with van der Waals surface area (Å²) in [5.74, 6) is -2.24. The van der Waals surface area contributed by atoms with Crippen LogP contribution < -0.4 is 21.9 Å². The third-order valence-electron chi connectivity index (χ3n) is 3.48. The molecule has 1 aromatic rings. The van der Waals surface area contributed by atoms with Gasteiger partial charge in [-0.2, -0.15) is 0 Å². The van der Waals surface area contributed by atoms with Crippen molar-refractivity contribution in [1.29, 1.82) is 0 Å². The summed E-state index contributed by atoms with van der Waals surface area (Å²) in [6.45, 7) is 0.191. The Balaban J connectivity index is 2.80. The van der Waals surface area contributed by atoms with Crippen LogP contribution in [0.4, 0.5) is 0 Å². The minimum absolute atomic E-state index is 0.0296. The Morgan fingerprint density at radius 1 is 1.15 bits per heavy atom. The molecule has 0 heterocycles. The quantitative estimate of drug-likeness (QED) is 0.104. The first-order chi connectivity index (χ1) is 12.6. The van der Waals surface area contributed by atoms with E-state index in [0.717, 1.165) is 0 Å². The number of rotatable bonds is 11. The van der Waals surface area contributed by atoms with E-state index in [-0.39, 0.29) is 25.3 Å². The number of nitrogens with zero attached hydrogens (tertiary/aromatic N) is 1. The highest BCUT2D eigenvalue weighted by Crippen LogP contribution is 2.29. The molecule has 0 bridgehead atoms. The van der Waals surface area contributed by atoms with Crippen molar-refractivity contribution in [1.82, 2.24) is 10.4 Å². The summed E-state index contributed by atoms with van der Waals surface area (Å²) in [5, 5.41) is 13.5. The van der Waals surface area contributed by atoms with Crippen molar-refractivity contribution < 1.29 is 29.0 Å². The summed E-state index contributed by atoms with van der Waals surface area (Å²) in [6, 6.07) is 6.00. The summed E-state index contributed by atoms with van der Waals surface area (Å²) in [7, 11) is -4.72. The summed E-state index contributed by atoms with van der Waals surface area (Å²) in [6.07, 6.45) is 0.314. The minimum atomic E-state index is -4.72. The fourth-order valence-electron chi connectivity index (χ4n) is 2.28. The molecule has 0 aliphatic heterocycles. The highest BCUT2D eigenvalue weighted by atomic mass is 31.2. The Bertz CT molecular complexity index is 704. The second-order valence-electron chi connectivity index (χ2n) is 5.76. The van der Waals surface area contributed by atoms with Crippen LogP contribution in [-0.2, 0) is 20.6 Å². The van der Waals surface area contributed by atoms with Gasteiger partial charge in [0.15, 0.2) is 5.96 Å². The van der Waals surface area contributed by atoms with Crippen molar-refractivity contribution in [3.05, 3.63) is 35.9 Å². The van der Waals surface area contributed by atoms with Crippen LogP contribution in [0.1, 0.15) is 18.4 Å². The number of aliphatic carboxylic acids is 1. The maximum atomic E-state index is 12.4. The van der Waals surface area contributed by atoms with Gasteiger partial charge in [-0.3, -0.25) is 9.79 Å². The minimum Gasteiger partial charge on any atom is -0.480 e. The van der Waals surface area contributed by atoms with Crippen molar-refractivity contribution in [2.24, 2.45) is 16.5 Å². The standard InChI is InChI=1S/C15H24N5O6P/c16-15(17)18-8-4-7-11(14(22)23)19-13(21)12(20-27(24,25)26)9-10-5-2-1-3-6-10/h1-3,5-6,11-12H,4,7-9H2,(H,19,21)(H,22,23)(H4,16,17,18)(H3,20,24,25,26)/t11-,12-/m0/s1. The molecule has 0 radical (unpaired) electrons. The highest BCUT2D eigenvalue weighted by molar-refractivity contribution is 7.49. The number of carbonyl (C=O) groups is 2. The predicted molar refractivity (Wildman–Crippen MR) is 98.6 cm³/mol. The topological polar surface area (TPSA) is 200 Å². The van der Waals surface area contributed by atoms with E-state index in [1.165, 1.54) is 0 Å². The van der Waals surface area contributed by atoms with Gasteiger partial charge in [0.1, 0.15) is 12.1 Å². The lowest BCUT2D eigenvalue weighted by molar-refractivity contribution is -0.142. The molecule has 2 atom stereocenters. The van der Waals surface area contributed by atoms with Crippen molar-refractivity contribution >= 4 is 25.6 Å². The van der Waals surface area contributed by atoms with Gasteiger partial charge in [0.2, 0.25) is 5.91 Å². The van der Waals surface area contributed by atoms with E-state index in [2.05, 4.69) is 10.3 Å². The van der Waals surface area contributed by atoms with Gasteiger partial charge in [-0.05, 0) is 24.8 Å². The Morgan fingerprint density at radius 2 is 1.78 bits per heavy atom. The summed E-state index contributed by atoms with van der Waals surface area (Å²) in [4.78, 5) is 45.8. The Hall–Kier alpha value is -2.46. The summed E-state index contributed by atoms with van der Waals surface area (Å²) >= 11 is 0. The molecule has 0 saturated carbocycles. The van der Waals surface area contributed by atoms with E-state index in [0.29, 0.717) is 12.0 Å². The molecule has 150 valence electrons. The Morgan fingerprint density at radius 3 is 2.30 bits per heavy atom. The molecule has 1 aromatic carbocycles. The Labute approximate surface area is 156 Å². The number of hydrogen-bond donors (Lipinski definition) is 7. The van der Waals surface area contributed by atoms with E-state index < -0.39 is 31.7 Å². The van der Waals surface area contributed by atoms with E-state index in [9.17, 15) is 19.3 Å². The van der Waals surface area contributed by atoms with Crippen LogP contribution in [0.2, 0.25) is 0 Å². The van der Waals surface area contributed by atoms with Gasteiger partial charge in [-0.25, -0.2) is 14.4 Å². The number of carbonyl (C=O) groups excluding carboxylic acids is 1. The maximum Gasteiger partial charge on any atom is 0.401 e. The van der Waals surface area contributed by atoms with Crippen LogP contribution in [-0.4, -0.2) is 51.4 Å². The molecule has 27 heavy (non-hydrogen) atoms. The largest absolute Gasteiger partial charge is 0.480 e. The number of carboxylic acids is 1. The number of nitrogens with one attached hydrogen (secondary N) is 2. The lowest BCUT2D eigenvalue weighted by Crippen LogP contribution is -2.50. The second-order valence-corrected chi connectivity index (χ2v) is 7.11. The van der Waals surface area contributed by atoms with Crippen molar-refractivity contribution in [3.8, 4) is 0 Å².